The summed E-state index contributed by atoms with van der Waals surface area (Å²) in [5, 5.41) is 8.83. The summed E-state index contributed by atoms with van der Waals surface area (Å²) >= 11 is 5.50. The molecule has 0 saturated carbocycles. The predicted molar refractivity (Wildman–Crippen MR) is 58.3 cm³/mol. The quantitative estimate of drug-likeness (QED) is 0.860. The Morgan fingerprint density at radius 3 is 2.69 bits per heavy atom. The van der Waals surface area contributed by atoms with Crippen molar-refractivity contribution >= 4 is 21.6 Å². The molecule has 0 saturated heterocycles. The maximum atomic E-state index is 13.3. The van der Waals surface area contributed by atoms with Crippen molar-refractivity contribution in [2.24, 2.45) is 0 Å². The highest BCUT2D eigenvalue weighted by Crippen LogP contribution is 2.18. The standard InChI is InChI=1S/C9H11ClFNO3S/c1-6(5-13)12-16(14,15)9-3-2-7(10)4-8(9)11/h2-4,6,12-13H,5H2,1H3. The van der Waals surface area contributed by atoms with E-state index in [9.17, 15) is 12.8 Å². The molecule has 2 N–H and O–H groups in total. The SMILES string of the molecule is CC(CO)NS(=O)(=O)c1ccc(Cl)cc1F. The van der Waals surface area contributed by atoms with Crippen LogP contribution in [0.15, 0.2) is 23.1 Å². The van der Waals surface area contributed by atoms with Crippen molar-refractivity contribution in [3.63, 3.8) is 0 Å². The minimum absolute atomic E-state index is 0.117. The second-order valence-corrected chi connectivity index (χ2v) is 5.40. The van der Waals surface area contributed by atoms with Gasteiger partial charge in [-0.3, -0.25) is 0 Å². The third-order valence-corrected chi connectivity index (χ3v) is 3.67. The van der Waals surface area contributed by atoms with Gasteiger partial charge in [0.1, 0.15) is 10.7 Å². The predicted octanol–water partition coefficient (Wildman–Crippen LogP) is 1.14. The van der Waals surface area contributed by atoms with E-state index in [0.29, 0.717) is 0 Å². The number of aliphatic hydroxyl groups is 1. The molecule has 0 aromatic heterocycles. The fraction of sp³-hybridized carbons (Fsp3) is 0.333. The zero-order valence-electron chi connectivity index (χ0n) is 8.44. The average molecular weight is 268 g/mol. The van der Waals surface area contributed by atoms with Gasteiger partial charge >= 0.3 is 0 Å². The Hall–Kier alpha value is -0.690. The highest BCUT2D eigenvalue weighted by atomic mass is 35.5. The van der Waals surface area contributed by atoms with Crippen molar-refractivity contribution in [2.45, 2.75) is 17.9 Å². The molecule has 0 amide bonds. The molecular formula is C9H11ClFNO3S. The first-order valence-corrected chi connectivity index (χ1v) is 6.31. The molecule has 1 rings (SSSR count). The fourth-order valence-corrected chi connectivity index (χ4v) is 2.51. The smallest absolute Gasteiger partial charge is 0.243 e. The molecule has 1 aromatic rings. The van der Waals surface area contributed by atoms with Crippen LogP contribution < -0.4 is 4.72 Å². The summed E-state index contributed by atoms with van der Waals surface area (Å²) in [5.41, 5.74) is 0. The molecule has 90 valence electrons. The molecule has 7 heteroatoms. The highest BCUT2D eigenvalue weighted by Gasteiger charge is 2.20. The lowest BCUT2D eigenvalue weighted by Gasteiger charge is -2.11. The molecule has 1 aromatic carbocycles. The lowest BCUT2D eigenvalue weighted by atomic mass is 10.3. The number of rotatable bonds is 4. The molecule has 0 heterocycles. The Balaban J connectivity index is 3.08. The number of hydrogen-bond acceptors (Lipinski definition) is 3. The number of nitrogens with one attached hydrogen (secondary N) is 1. The van der Waals surface area contributed by atoms with Gasteiger partial charge in [-0.2, -0.15) is 0 Å². The Bertz CT molecular complexity index is 478. The average Bonchev–Trinajstić information content (AvgIpc) is 2.16. The minimum Gasteiger partial charge on any atom is -0.395 e. The minimum atomic E-state index is -3.96. The molecule has 0 bridgehead atoms. The lowest BCUT2D eigenvalue weighted by Crippen LogP contribution is -2.35. The van der Waals surface area contributed by atoms with Gasteiger partial charge < -0.3 is 5.11 Å². The topological polar surface area (TPSA) is 66.4 Å². The molecule has 0 radical (unpaired) electrons. The summed E-state index contributed by atoms with van der Waals surface area (Å²) in [6, 6.07) is 2.59. The van der Waals surface area contributed by atoms with E-state index in [-0.39, 0.29) is 11.6 Å². The molecule has 1 unspecified atom stereocenters. The van der Waals surface area contributed by atoms with E-state index in [1.807, 2.05) is 0 Å². The summed E-state index contributed by atoms with van der Waals surface area (Å²) < 4.78 is 38.7. The van der Waals surface area contributed by atoms with Crippen molar-refractivity contribution < 1.29 is 17.9 Å². The number of hydrogen-bond donors (Lipinski definition) is 2. The van der Waals surface area contributed by atoms with Crippen LogP contribution in [0.5, 0.6) is 0 Å². The van der Waals surface area contributed by atoms with Crippen molar-refractivity contribution in [3.05, 3.63) is 29.0 Å². The Morgan fingerprint density at radius 2 is 2.19 bits per heavy atom. The first-order valence-electron chi connectivity index (χ1n) is 4.45. The van der Waals surface area contributed by atoms with Gasteiger partial charge in [0.25, 0.3) is 0 Å². The maximum Gasteiger partial charge on any atom is 0.243 e. The number of benzene rings is 1. The fourth-order valence-electron chi connectivity index (χ4n) is 1.06. The molecule has 4 nitrogen and oxygen atoms in total. The first-order chi connectivity index (χ1) is 7.36. The summed E-state index contributed by atoms with van der Waals surface area (Å²) in [5.74, 6) is -0.926. The van der Waals surface area contributed by atoms with E-state index in [2.05, 4.69) is 4.72 Å². The van der Waals surface area contributed by atoms with Crippen molar-refractivity contribution in [1.29, 1.82) is 0 Å². The number of halogens is 2. The van der Waals surface area contributed by atoms with E-state index >= 15 is 0 Å². The van der Waals surface area contributed by atoms with Crippen LogP contribution in [-0.2, 0) is 10.0 Å². The van der Waals surface area contributed by atoms with Crippen LogP contribution in [0, 0.1) is 5.82 Å². The highest BCUT2D eigenvalue weighted by molar-refractivity contribution is 7.89. The second kappa shape index (κ2) is 5.09. The van der Waals surface area contributed by atoms with Gasteiger partial charge in [-0.1, -0.05) is 11.6 Å². The maximum absolute atomic E-state index is 13.3. The van der Waals surface area contributed by atoms with Crippen molar-refractivity contribution in [1.82, 2.24) is 4.72 Å². The molecule has 1 atom stereocenters. The van der Waals surface area contributed by atoms with Gasteiger partial charge in [0.2, 0.25) is 10.0 Å². The monoisotopic (exact) mass is 267 g/mol. The largest absolute Gasteiger partial charge is 0.395 e. The zero-order valence-corrected chi connectivity index (χ0v) is 10.0. The lowest BCUT2D eigenvalue weighted by molar-refractivity contribution is 0.265. The molecule has 0 spiro atoms. The Labute approximate surface area is 98.1 Å². The normalized spacial score (nSPS) is 13.8. The van der Waals surface area contributed by atoms with E-state index in [1.165, 1.54) is 13.0 Å². The first kappa shape index (κ1) is 13.4. The van der Waals surface area contributed by atoms with E-state index in [1.54, 1.807) is 0 Å². The summed E-state index contributed by atoms with van der Waals surface area (Å²) in [6.45, 7) is 1.10. The summed E-state index contributed by atoms with van der Waals surface area (Å²) in [6.07, 6.45) is 0. The molecule has 0 fully saturated rings. The van der Waals surface area contributed by atoms with Crippen molar-refractivity contribution in [3.8, 4) is 0 Å². The van der Waals surface area contributed by atoms with Crippen LogP contribution in [-0.4, -0.2) is 26.2 Å². The van der Waals surface area contributed by atoms with Gasteiger partial charge in [-0.25, -0.2) is 17.5 Å². The van der Waals surface area contributed by atoms with Crippen LogP contribution >= 0.6 is 11.6 Å². The van der Waals surface area contributed by atoms with Gasteiger partial charge in [-0.05, 0) is 25.1 Å². The summed E-state index contributed by atoms with van der Waals surface area (Å²) in [4.78, 5) is -0.489. The third kappa shape index (κ3) is 3.15. The van der Waals surface area contributed by atoms with Gasteiger partial charge in [0.05, 0.1) is 6.61 Å². The van der Waals surface area contributed by atoms with Crippen LogP contribution in [0.2, 0.25) is 5.02 Å². The van der Waals surface area contributed by atoms with Gasteiger partial charge in [0, 0.05) is 11.1 Å². The van der Waals surface area contributed by atoms with Crippen LogP contribution in [0.1, 0.15) is 6.92 Å². The Morgan fingerprint density at radius 1 is 1.56 bits per heavy atom. The number of aliphatic hydroxyl groups excluding tert-OH is 1. The second-order valence-electron chi connectivity index (χ2n) is 3.28. The van der Waals surface area contributed by atoms with E-state index in [0.717, 1.165) is 12.1 Å². The molecule has 0 aliphatic rings. The van der Waals surface area contributed by atoms with Crippen molar-refractivity contribution in [2.75, 3.05) is 6.61 Å². The number of sulfonamides is 1. The van der Waals surface area contributed by atoms with Gasteiger partial charge in [-0.15, -0.1) is 0 Å². The Kier molecular flexibility index (Phi) is 4.26. The van der Waals surface area contributed by atoms with Gasteiger partial charge in [0.15, 0.2) is 0 Å². The van der Waals surface area contributed by atoms with E-state index in [4.69, 9.17) is 16.7 Å². The third-order valence-electron chi connectivity index (χ3n) is 1.81. The zero-order chi connectivity index (χ0) is 12.3. The molecular weight excluding hydrogens is 257 g/mol. The van der Waals surface area contributed by atoms with Crippen LogP contribution in [0.4, 0.5) is 4.39 Å². The molecule has 0 aliphatic heterocycles. The summed E-state index contributed by atoms with van der Waals surface area (Å²) in [7, 11) is -3.96. The van der Waals surface area contributed by atoms with E-state index < -0.39 is 26.8 Å². The molecule has 16 heavy (non-hydrogen) atoms. The molecule has 0 aliphatic carbocycles. The van der Waals surface area contributed by atoms with Crippen LogP contribution in [0.3, 0.4) is 0 Å². The van der Waals surface area contributed by atoms with Crippen LogP contribution in [0.25, 0.3) is 0 Å².